The van der Waals surface area contributed by atoms with Crippen LogP contribution >= 0.6 is 0 Å². The van der Waals surface area contributed by atoms with Crippen LogP contribution in [0.15, 0.2) is 30.3 Å². The third-order valence-corrected chi connectivity index (χ3v) is 4.56. The number of anilines is 1. The number of piperazine rings is 1. The monoisotopic (exact) mass is 252 g/mol. The fraction of sp³-hybridized carbons (Fsp3) is 0.412. The number of benzene rings is 2. The lowest BCUT2D eigenvalue weighted by molar-refractivity contribution is 0.485. The summed E-state index contributed by atoms with van der Waals surface area (Å²) < 4.78 is 0. The number of rotatable bonds is 1. The van der Waals surface area contributed by atoms with E-state index in [4.69, 9.17) is 0 Å². The van der Waals surface area contributed by atoms with Gasteiger partial charge in [0.2, 0.25) is 0 Å². The summed E-state index contributed by atoms with van der Waals surface area (Å²) in [4.78, 5) is 2.54. The number of aryl methyl sites for hydroxylation is 2. The van der Waals surface area contributed by atoms with Gasteiger partial charge in [0.15, 0.2) is 0 Å². The molecule has 1 atom stereocenters. The van der Waals surface area contributed by atoms with Gasteiger partial charge < -0.3 is 10.2 Å². The van der Waals surface area contributed by atoms with Crippen LogP contribution in [-0.2, 0) is 12.8 Å². The van der Waals surface area contributed by atoms with Gasteiger partial charge in [-0.25, -0.2) is 0 Å². The summed E-state index contributed by atoms with van der Waals surface area (Å²) in [6.07, 6.45) is 2.43. The highest BCUT2D eigenvalue weighted by Crippen LogP contribution is 2.36. The molecule has 1 fully saturated rings. The molecular formula is C17H20N2. The fourth-order valence-electron chi connectivity index (χ4n) is 3.66. The van der Waals surface area contributed by atoms with Crippen molar-refractivity contribution >= 4 is 16.5 Å². The van der Waals surface area contributed by atoms with Crippen molar-refractivity contribution in [3.63, 3.8) is 0 Å². The predicted octanol–water partition coefficient (Wildman–Crippen LogP) is 2.74. The summed E-state index contributed by atoms with van der Waals surface area (Å²) >= 11 is 0. The van der Waals surface area contributed by atoms with Gasteiger partial charge in [0.1, 0.15) is 0 Å². The van der Waals surface area contributed by atoms with E-state index in [0.717, 1.165) is 19.6 Å². The molecule has 1 aliphatic carbocycles. The number of nitrogens with one attached hydrogen (secondary N) is 1. The molecule has 1 unspecified atom stereocenters. The molecule has 0 amide bonds. The number of hydrogen-bond acceptors (Lipinski definition) is 2. The van der Waals surface area contributed by atoms with E-state index in [9.17, 15) is 0 Å². The Balaban J connectivity index is 1.87. The SMILES string of the molecule is CC1CN(c2ccc3c4c(cccc24)CC3)CCN1. The van der Waals surface area contributed by atoms with Crippen LogP contribution in [0.2, 0.25) is 0 Å². The maximum atomic E-state index is 3.52. The smallest absolute Gasteiger partial charge is 0.0447 e. The highest BCUT2D eigenvalue weighted by molar-refractivity contribution is 5.99. The first kappa shape index (κ1) is 11.3. The van der Waals surface area contributed by atoms with E-state index in [2.05, 4.69) is 47.5 Å². The highest BCUT2D eigenvalue weighted by Gasteiger charge is 2.21. The van der Waals surface area contributed by atoms with Crippen molar-refractivity contribution < 1.29 is 0 Å². The molecule has 1 N–H and O–H groups in total. The maximum absolute atomic E-state index is 3.52. The zero-order valence-corrected chi connectivity index (χ0v) is 11.4. The molecule has 1 heterocycles. The van der Waals surface area contributed by atoms with Crippen molar-refractivity contribution in [1.82, 2.24) is 5.32 Å². The molecule has 1 saturated heterocycles. The van der Waals surface area contributed by atoms with Crippen molar-refractivity contribution in [2.75, 3.05) is 24.5 Å². The van der Waals surface area contributed by atoms with Crippen LogP contribution < -0.4 is 10.2 Å². The Labute approximate surface area is 114 Å². The van der Waals surface area contributed by atoms with E-state index in [-0.39, 0.29) is 0 Å². The lowest BCUT2D eigenvalue weighted by Gasteiger charge is -2.34. The van der Waals surface area contributed by atoms with Crippen LogP contribution in [0.5, 0.6) is 0 Å². The summed E-state index contributed by atoms with van der Waals surface area (Å²) in [6, 6.07) is 12.1. The highest BCUT2D eigenvalue weighted by atomic mass is 15.2. The minimum Gasteiger partial charge on any atom is -0.368 e. The molecule has 19 heavy (non-hydrogen) atoms. The largest absolute Gasteiger partial charge is 0.368 e. The second-order valence-corrected chi connectivity index (χ2v) is 5.88. The molecule has 2 aromatic rings. The molecule has 98 valence electrons. The Hall–Kier alpha value is -1.54. The summed E-state index contributed by atoms with van der Waals surface area (Å²) in [5, 5.41) is 6.52. The fourth-order valence-corrected chi connectivity index (χ4v) is 3.66. The third-order valence-electron chi connectivity index (χ3n) is 4.56. The van der Waals surface area contributed by atoms with Gasteiger partial charge in [0.05, 0.1) is 0 Å². The molecule has 1 aliphatic heterocycles. The van der Waals surface area contributed by atoms with Gasteiger partial charge in [-0.1, -0.05) is 24.3 Å². The summed E-state index contributed by atoms with van der Waals surface area (Å²) in [6.45, 7) is 5.58. The number of hydrogen-bond donors (Lipinski definition) is 1. The van der Waals surface area contributed by atoms with Gasteiger partial charge in [-0.2, -0.15) is 0 Å². The van der Waals surface area contributed by atoms with Crippen molar-refractivity contribution in [2.24, 2.45) is 0 Å². The molecule has 2 aromatic carbocycles. The van der Waals surface area contributed by atoms with Crippen molar-refractivity contribution in [3.8, 4) is 0 Å². The molecule has 0 bridgehead atoms. The van der Waals surface area contributed by atoms with E-state index < -0.39 is 0 Å². The predicted molar refractivity (Wildman–Crippen MR) is 81.0 cm³/mol. The normalized spacial score (nSPS) is 22.2. The van der Waals surface area contributed by atoms with Crippen LogP contribution in [-0.4, -0.2) is 25.7 Å². The van der Waals surface area contributed by atoms with E-state index >= 15 is 0 Å². The third kappa shape index (κ3) is 1.74. The summed E-state index contributed by atoms with van der Waals surface area (Å²) in [7, 11) is 0. The quantitative estimate of drug-likeness (QED) is 0.839. The van der Waals surface area contributed by atoms with Gasteiger partial charge in [-0.15, -0.1) is 0 Å². The number of nitrogens with zero attached hydrogens (tertiary/aromatic N) is 1. The molecule has 4 rings (SSSR count). The van der Waals surface area contributed by atoms with E-state index in [1.165, 1.54) is 40.4 Å². The molecule has 0 saturated carbocycles. The Morgan fingerprint density at radius 2 is 1.95 bits per heavy atom. The lowest BCUT2D eigenvalue weighted by atomic mass is 10.0. The van der Waals surface area contributed by atoms with Crippen LogP contribution in [0.1, 0.15) is 18.1 Å². The maximum Gasteiger partial charge on any atom is 0.0447 e. The van der Waals surface area contributed by atoms with E-state index in [0.29, 0.717) is 6.04 Å². The van der Waals surface area contributed by atoms with Gasteiger partial charge in [0, 0.05) is 36.7 Å². The Bertz CT molecular complexity index is 622. The van der Waals surface area contributed by atoms with Crippen molar-refractivity contribution in [3.05, 3.63) is 41.5 Å². The van der Waals surface area contributed by atoms with Crippen molar-refractivity contribution in [1.29, 1.82) is 0 Å². The first-order valence-corrected chi connectivity index (χ1v) is 7.35. The molecule has 0 radical (unpaired) electrons. The zero-order chi connectivity index (χ0) is 12.8. The van der Waals surface area contributed by atoms with Gasteiger partial charge in [-0.05, 0) is 42.3 Å². The topological polar surface area (TPSA) is 15.3 Å². The molecule has 2 heteroatoms. The minimum atomic E-state index is 0.580. The molecule has 0 spiro atoms. The molecule has 2 nitrogen and oxygen atoms in total. The Morgan fingerprint density at radius 1 is 1.11 bits per heavy atom. The van der Waals surface area contributed by atoms with Crippen LogP contribution in [0, 0.1) is 0 Å². The Kier molecular flexibility index (Phi) is 2.52. The standard InChI is InChI=1S/C17H20N2/c1-12-11-19(10-9-18-12)16-8-7-14-6-5-13-3-2-4-15(16)17(13)14/h2-4,7-8,12,18H,5-6,9-11H2,1H3. The second-order valence-electron chi connectivity index (χ2n) is 5.88. The zero-order valence-electron chi connectivity index (χ0n) is 11.4. The summed E-state index contributed by atoms with van der Waals surface area (Å²) in [5.41, 5.74) is 4.51. The van der Waals surface area contributed by atoms with Crippen LogP contribution in [0.25, 0.3) is 10.8 Å². The Morgan fingerprint density at radius 3 is 2.79 bits per heavy atom. The van der Waals surface area contributed by atoms with Crippen molar-refractivity contribution in [2.45, 2.75) is 25.8 Å². The molecular weight excluding hydrogens is 232 g/mol. The first-order chi connectivity index (χ1) is 9.33. The van der Waals surface area contributed by atoms with Crippen LogP contribution in [0.3, 0.4) is 0 Å². The van der Waals surface area contributed by atoms with E-state index in [1.54, 1.807) is 0 Å². The first-order valence-electron chi connectivity index (χ1n) is 7.35. The van der Waals surface area contributed by atoms with Gasteiger partial charge in [-0.3, -0.25) is 0 Å². The summed E-state index contributed by atoms with van der Waals surface area (Å²) in [5.74, 6) is 0. The lowest BCUT2D eigenvalue weighted by Crippen LogP contribution is -2.49. The van der Waals surface area contributed by atoms with Gasteiger partial charge >= 0.3 is 0 Å². The minimum absolute atomic E-state index is 0.580. The second kappa shape index (κ2) is 4.24. The molecule has 0 aromatic heterocycles. The average Bonchev–Trinajstić information content (AvgIpc) is 2.85. The molecule has 2 aliphatic rings. The van der Waals surface area contributed by atoms with Gasteiger partial charge in [0.25, 0.3) is 0 Å². The average molecular weight is 252 g/mol. The van der Waals surface area contributed by atoms with E-state index in [1.807, 2.05) is 0 Å². The van der Waals surface area contributed by atoms with Crippen LogP contribution in [0.4, 0.5) is 5.69 Å².